The molecule has 9 heteroatoms. The Kier molecular flexibility index (Phi) is 4.13. The molecule has 5 rings (SSSR count). The highest BCUT2D eigenvalue weighted by molar-refractivity contribution is 5.90. The van der Waals surface area contributed by atoms with Crippen molar-refractivity contribution in [3.63, 3.8) is 0 Å². The molecule has 0 aliphatic rings. The van der Waals surface area contributed by atoms with Gasteiger partial charge < -0.3 is 5.32 Å². The lowest BCUT2D eigenvalue weighted by Crippen LogP contribution is -2.08. The average Bonchev–Trinajstić information content (AvgIpc) is 3.47. The van der Waals surface area contributed by atoms with Gasteiger partial charge in [0.1, 0.15) is 19.0 Å². The molecular formula is C21H18N8O. The number of carbonyl (C=O) groups excluding carboxylic acids is 1. The molecule has 5 aromatic rings. The highest BCUT2D eigenvalue weighted by atomic mass is 16.1. The van der Waals surface area contributed by atoms with Crippen LogP contribution in [0.15, 0.2) is 67.8 Å². The first-order valence-electron chi connectivity index (χ1n) is 9.31. The van der Waals surface area contributed by atoms with E-state index in [0.29, 0.717) is 5.69 Å². The first kappa shape index (κ1) is 17.8. The van der Waals surface area contributed by atoms with E-state index in [1.807, 2.05) is 60.4 Å². The second-order valence-corrected chi connectivity index (χ2v) is 6.98. The topological polar surface area (TPSA) is 95.5 Å². The van der Waals surface area contributed by atoms with Crippen LogP contribution in [0.1, 0.15) is 6.92 Å². The van der Waals surface area contributed by atoms with Crippen LogP contribution in [0.2, 0.25) is 0 Å². The van der Waals surface area contributed by atoms with Crippen molar-refractivity contribution in [3.05, 3.63) is 67.8 Å². The predicted octanol–water partition coefficient (Wildman–Crippen LogP) is 2.97. The number of anilines is 1. The highest BCUT2D eigenvalue weighted by Crippen LogP contribution is 2.27. The molecule has 0 radical (unpaired) electrons. The summed E-state index contributed by atoms with van der Waals surface area (Å²) in [7, 11) is 1.89. The Bertz CT molecular complexity index is 1360. The molecule has 0 spiro atoms. The maximum absolute atomic E-state index is 11.6. The molecule has 1 N–H and O–H groups in total. The Labute approximate surface area is 171 Å². The monoisotopic (exact) mass is 398 g/mol. The number of fused-ring (bicyclic) bond motifs is 1. The van der Waals surface area contributed by atoms with E-state index in [0.717, 1.165) is 33.5 Å². The lowest BCUT2D eigenvalue weighted by atomic mass is 10.1. The fourth-order valence-electron chi connectivity index (χ4n) is 3.45. The number of nitrogens with one attached hydrogen (secondary N) is 1. The van der Waals surface area contributed by atoms with E-state index in [9.17, 15) is 4.79 Å². The molecule has 2 aromatic carbocycles. The minimum absolute atomic E-state index is 0.145. The molecular weight excluding hydrogens is 380 g/mol. The maximum Gasteiger partial charge on any atom is 0.221 e. The van der Waals surface area contributed by atoms with Crippen molar-refractivity contribution >= 4 is 22.6 Å². The molecule has 0 fully saturated rings. The van der Waals surface area contributed by atoms with E-state index in [1.165, 1.54) is 13.3 Å². The molecule has 148 valence electrons. The molecule has 0 aliphatic heterocycles. The number of nitrogens with zero attached hydrogens (tertiary/aromatic N) is 7. The minimum atomic E-state index is -0.145. The normalized spacial score (nSPS) is 11.1. The van der Waals surface area contributed by atoms with E-state index >= 15 is 0 Å². The molecule has 9 nitrogen and oxygen atoms in total. The zero-order valence-electron chi connectivity index (χ0n) is 16.4. The Morgan fingerprint density at radius 3 is 2.60 bits per heavy atom. The SMILES string of the molecule is CC(=O)Nc1cc(-n2cncn2)cc(-n2cnc3cc(-c4cnn(C)c4)ccc32)c1. The molecule has 0 bridgehead atoms. The maximum atomic E-state index is 11.6. The molecule has 0 unspecified atom stereocenters. The van der Waals surface area contributed by atoms with Crippen LogP contribution < -0.4 is 5.32 Å². The number of aryl methyl sites for hydroxylation is 1. The number of hydrogen-bond acceptors (Lipinski definition) is 5. The summed E-state index contributed by atoms with van der Waals surface area (Å²) in [5.74, 6) is -0.145. The van der Waals surface area contributed by atoms with Crippen molar-refractivity contribution in [1.29, 1.82) is 0 Å². The molecule has 0 saturated heterocycles. The lowest BCUT2D eigenvalue weighted by molar-refractivity contribution is -0.114. The molecule has 3 aromatic heterocycles. The second kappa shape index (κ2) is 6.96. The van der Waals surface area contributed by atoms with Gasteiger partial charge in [-0.3, -0.25) is 14.0 Å². The van der Waals surface area contributed by atoms with Crippen LogP contribution in [0.5, 0.6) is 0 Å². The van der Waals surface area contributed by atoms with Crippen molar-refractivity contribution in [2.75, 3.05) is 5.32 Å². The quantitative estimate of drug-likeness (QED) is 0.502. The summed E-state index contributed by atoms with van der Waals surface area (Å²) in [6, 6.07) is 11.8. The van der Waals surface area contributed by atoms with Gasteiger partial charge in [-0.05, 0) is 35.9 Å². The van der Waals surface area contributed by atoms with Gasteiger partial charge in [0, 0.05) is 31.4 Å². The summed E-state index contributed by atoms with van der Waals surface area (Å²) in [6.45, 7) is 1.48. The van der Waals surface area contributed by atoms with Gasteiger partial charge in [0.05, 0.1) is 28.6 Å². The Morgan fingerprint density at radius 2 is 1.87 bits per heavy atom. The van der Waals surface area contributed by atoms with E-state index < -0.39 is 0 Å². The number of imidazole rings is 1. The van der Waals surface area contributed by atoms with E-state index in [2.05, 4.69) is 25.5 Å². The van der Waals surface area contributed by atoms with Crippen LogP contribution in [-0.2, 0) is 11.8 Å². The zero-order valence-corrected chi connectivity index (χ0v) is 16.4. The standard InChI is InChI=1S/C21H18N8O/c1-14(30)26-17-6-18(8-19(7-17)29-12-22-11-25-29)28-13-23-20-5-15(3-4-21(20)28)16-9-24-27(2)10-16/h3-13H,1-2H3,(H,26,30). The summed E-state index contributed by atoms with van der Waals surface area (Å²) < 4.78 is 5.40. The van der Waals surface area contributed by atoms with E-state index in [1.54, 1.807) is 22.0 Å². The third kappa shape index (κ3) is 3.22. The van der Waals surface area contributed by atoms with Crippen LogP contribution in [-0.4, -0.2) is 40.0 Å². The van der Waals surface area contributed by atoms with Crippen LogP contribution in [0.25, 0.3) is 33.5 Å². The summed E-state index contributed by atoms with van der Waals surface area (Å²) in [5, 5.41) is 11.3. The smallest absolute Gasteiger partial charge is 0.221 e. The first-order valence-corrected chi connectivity index (χ1v) is 9.31. The van der Waals surface area contributed by atoms with Crippen molar-refractivity contribution in [3.8, 4) is 22.5 Å². The molecule has 0 saturated carbocycles. The molecule has 1 amide bonds. The minimum Gasteiger partial charge on any atom is -0.326 e. The van der Waals surface area contributed by atoms with Crippen molar-refractivity contribution in [1.82, 2.24) is 34.1 Å². The third-order valence-electron chi connectivity index (χ3n) is 4.77. The fraction of sp³-hybridized carbons (Fsp3) is 0.0952. The van der Waals surface area contributed by atoms with Crippen LogP contribution in [0.3, 0.4) is 0 Å². The molecule has 30 heavy (non-hydrogen) atoms. The van der Waals surface area contributed by atoms with Crippen LogP contribution in [0.4, 0.5) is 5.69 Å². The Balaban J connectivity index is 1.62. The third-order valence-corrected chi connectivity index (χ3v) is 4.77. The second-order valence-electron chi connectivity index (χ2n) is 6.98. The lowest BCUT2D eigenvalue weighted by Gasteiger charge is -2.11. The van der Waals surface area contributed by atoms with Gasteiger partial charge in [-0.2, -0.15) is 10.2 Å². The van der Waals surface area contributed by atoms with Crippen molar-refractivity contribution < 1.29 is 4.79 Å². The van der Waals surface area contributed by atoms with Gasteiger partial charge in [0.2, 0.25) is 5.91 Å². The number of rotatable bonds is 4. The first-order chi connectivity index (χ1) is 14.6. The summed E-state index contributed by atoms with van der Waals surface area (Å²) in [6.07, 6.45) is 8.66. The van der Waals surface area contributed by atoms with Gasteiger partial charge in [-0.25, -0.2) is 14.6 Å². The molecule has 3 heterocycles. The van der Waals surface area contributed by atoms with Gasteiger partial charge in [-0.15, -0.1) is 0 Å². The van der Waals surface area contributed by atoms with Gasteiger partial charge in [-0.1, -0.05) is 6.07 Å². The van der Waals surface area contributed by atoms with E-state index in [-0.39, 0.29) is 5.91 Å². The molecule has 0 atom stereocenters. The summed E-state index contributed by atoms with van der Waals surface area (Å²) in [4.78, 5) is 20.2. The zero-order chi connectivity index (χ0) is 20.7. The van der Waals surface area contributed by atoms with Gasteiger partial charge in [0.15, 0.2) is 0 Å². The number of hydrogen-bond donors (Lipinski definition) is 1. The van der Waals surface area contributed by atoms with Crippen LogP contribution >= 0.6 is 0 Å². The number of aromatic nitrogens is 7. The van der Waals surface area contributed by atoms with Gasteiger partial charge in [0.25, 0.3) is 0 Å². The van der Waals surface area contributed by atoms with Crippen molar-refractivity contribution in [2.45, 2.75) is 6.92 Å². The number of carbonyl (C=O) groups is 1. The Morgan fingerprint density at radius 1 is 1.00 bits per heavy atom. The highest BCUT2D eigenvalue weighted by Gasteiger charge is 2.11. The largest absolute Gasteiger partial charge is 0.326 e. The summed E-state index contributed by atoms with van der Waals surface area (Å²) in [5.41, 5.74) is 6.20. The predicted molar refractivity (Wildman–Crippen MR) is 112 cm³/mol. The molecule has 0 aliphatic carbocycles. The number of amides is 1. The van der Waals surface area contributed by atoms with Crippen molar-refractivity contribution in [2.24, 2.45) is 7.05 Å². The number of benzene rings is 2. The summed E-state index contributed by atoms with van der Waals surface area (Å²) >= 11 is 0. The fourth-order valence-corrected chi connectivity index (χ4v) is 3.45. The Hall–Kier alpha value is -4.27. The average molecular weight is 398 g/mol. The van der Waals surface area contributed by atoms with Crippen LogP contribution in [0, 0.1) is 0 Å². The van der Waals surface area contributed by atoms with E-state index in [4.69, 9.17) is 0 Å². The van der Waals surface area contributed by atoms with Gasteiger partial charge >= 0.3 is 0 Å².